The van der Waals surface area contributed by atoms with E-state index in [-0.39, 0.29) is 17.0 Å². The fraction of sp³-hybridized carbons (Fsp3) is 0.533. The van der Waals surface area contributed by atoms with Crippen LogP contribution < -0.4 is 5.32 Å². The Morgan fingerprint density at radius 2 is 2.10 bits per heavy atom. The number of benzene rings is 1. The van der Waals surface area contributed by atoms with Crippen LogP contribution >= 0.6 is 11.6 Å². The Balaban J connectivity index is 2.05. The van der Waals surface area contributed by atoms with E-state index in [1.807, 2.05) is 0 Å². The fourth-order valence-corrected chi connectivity index (χ4v) is 3.22. The molecule has 1 aromatic carbocycles. The second kappa shape index (κ2) is 6.43. The van der Waals surface area contributed by atoms with E-state index in [1.165, 1.54) is 18.2 Å². The van der Waals surface area contributed by atoms with Crippen LogP contribution in [0.25, 0.3) is 0 Å². The normalized spacial score (nSPS) is 16.7. The van der Waals surface area contributed by atoms with E-state index >= 15 is 0 Å². The molecule has 0 atom stereocenters. The van der Waals surface area contributed by atoms with Gasteiger partial charge in [0.15, 0.2) is 0 Å². The maximum absolute atomic E-state index is 12.2. The van der Waals surface area contributed by atoms with Crippen molar-refractivity contribution in [1.29, 1.82) is 0 Å². The second-order valence-electron chi connectivity index (χ2n) is 5.78. The van der Waals surface area contributed by atoms with Crippen LogP contribution in [-0.2, 0) is 0 Å². The first-order valence-corrected chi connectivity index (χ1v) is 7.60. The molecule has 1 saturated carbocycles. The largest absolute Gasteiger partial charge is 0.351 e. The maximum Gasteiger partial charge on any atom is 0.269 e. The van der Waals surface area contributed by atoms with Crippen LogP contribution in [0.1, 0.15) is 41.6 Å². The minimum atomic E-state index is -0.463. The highest BCUT2D eigenvalue weighted by atomic mass is 35.5. The molecular weight excluding hydrogens is 292 g/mol. The van der Waals surface area contributed by atoms with Crippen LogP contribution in [0.4, 0.5) is 5.69 Å². The first-order chi connectivity index (χ1) is 9.97. The first-order valence-electron chi connectivity index (χ1n) is 7.07. The standard InChI is InChI=1S/C15H19ClN2O3/c1-11-8-12(18(20)21)4-5-13(11)14(19)17-10-15(9-16)6-2-3-7-15/h4-5,8H,2-3,6-7,9-10H2,1H3,(H,17,19). The van der Waals surface area contributed by atoms with Gasteiger partial charge in [-0.2, -0.15) is 0 Å². The molecule has 1 amide bonds. The third kappa shape index (κ3) is 3.53. The second-order valence-corrected chi connectivity index (χ2v) is 6.05. The molecule has 21 heavy (non-hydrogen) atoms. The van der Waals surface area contributed by atoms with Crippen molar-refractivity contribution in [2.75, 3.05) is 12.4 Å². The van der Waals surface area contributed by atoms with Crippen molar-refractivity contribution in [3.05, 3.63) is 39.4 Å². The summed E-state index contributed by atoms with van der Waals surface area (Å²) in [5.41, 5.74) is 1.08. The molecule has 1 aliphatic carbocycles. The Morgan fingerprint density at radius 3 is 2.62 bits per heavy atom. The number of rotatable bonds is 5. The van der Waals surface area contributed by atoms with Crippen molar-refractivity contribution in [2.24, 2.45) is 5.41 Å². The number of aryl methyl sites for hydroxylation is 1. The summed E-state index contributed by atoms with van der Waals surface area (Å²) in [6.45, 7) is 2.26. The SMILES string of the molecule is Cc1cc([N+](=O)[O-])ccc1C(=O)NCC1(CCl)CCCC1. The van der Waals surface area contributed by atoms with Crippen LogP contribution in [0.5, 0.6) is 0 Å². The Hall–Kier alpha value is -1.62. The molecular formula is C15H19ClN2O3. The van der Waals surface area contributed by atoms with Crippen LogP contribution in [0.3, 0.4) is 0 Å². The molecule has 6 heteroatoms. The quantitative estimate of drug-likeness (QED) is 0.514. The summed E-state index contributed by atoms with van der Waals surface area (Å²) in [7, 11) is 0. The number of halogens is 1. The molecule has 1 N–H and O–H groups in total. The zero-order valence-electron chi connectivity index (χ0n) is 12.0. The van der Waals surface area contributed by atoms with Crippen LogP contribution in [0, 0.1) is 22.5 Å². The van der Waals surface area contributed by atoms with E-state index in [0.717, 1.165) is 25.7 Å². The number of nitrogens with zero attached hydrogens (tertiary/aromatic N) is 1. The molecule has 0 unspecified atom stereocenters. The first kappa shape index (κ1) is 15.8. The van der Waals surface area contributed by atoms with Crippen molar-refractivity contribution in [1.82, 2.24) is 5.32 Å². The lowest BCUT2D eigenvalue weighted by Gasteiger charge is -2.26. The number of carbonyl (C=O) groups excluding carboxylic acids is 1. The van der Waals surface area contributed by atoms with Crippen molar-refractivity contribution >= 4 is 23.2 Å². The number of alkyl halides is 1. The molecule has 0 heterocycles. The Kier molecular flexibility index (Phi) is 4.83. The summed E-state index contributed by atoms with van der Waals surface area (Å²) in [5.74, 6) is 0.353. The smallest absolute Gasteiger partial charge is 0.269 e. The van der Waals surface area contributed by atoms with E-state index in [9.17, 15) is 14.9 Å². The highest BCUT2D eigenvalue weighted by Crippen LogP contribution is 2.38. The van der Waals surface area contributed by atoms with Gasteiger partial charge < -0.3 is 5.32 Å². The molecule has 0 aliphatic heterocycles. The molecule has 1 fully saturated rings. The average molecular weight is 311 g/mol. The van der Waals surface area contributed by atoms with Crippen LogP contribution in [0.2, 0.25) is 0 Å². The summed E-state index contributed by atoms with van der Waals surface area (Å²) < 4.78 is 0. The molecule has 1 aromatic rings. The van der Waals surface area contributed by atoms with E-state index in [2.05, 4.69) is 5.32 Å². The third-order valence-electron chi connectivity index (χ3n) is 4.24. The maximum atomic E-state index is 12.2. The molecule has 114 valence electrons. The molecule has 0 spiro atoms. The summed E-state index contributed by atoms with van der Waals surface area (Å²) in [6.07, 6.45) is 4.38. The van der Waals surface area contributed by atoms with Gasteiger partial charge in [0.05, 0.1) is 4.92 Å². The summed E-state index contributed by atoms with van der Waals surface area (Å²) in [5, 5.41) is 13.6. The van der Waals surface area contributed by atoms with Crippen LogP contribution in [0.15, 0.2) is 18.2 Å². The number of hydrogen-bond donors (Lipinski definition) is 1. The predicted octanol–water partition coefficient (Wildman–Crippen LogP) is 3.43. The Labute approximate surface area is 128 Å². The summed E-state index contributed by atoms with van der Waals surface area (Å²) in [4.78, 5) is 22.5. The molecule has 5 nitrogen and oxygen atoms in total. The minimum Gasteiger partial charge on any atom is -0.351 e. The fourth-order valence-electron chi connectivity index (χ4n) is 2.86. The highest BCUT2D eigenvalue weighted by molar-refractivity contribution is 6.18. The van der Waals surface area contributed by atoms with Crippen molar-refractivity contribution < 1.29 is 9.72 Å². The van der Waals surface area contributed by atoms with Gasteiger partial charge in [0.25, 0.3) is 11.6 Å². The van der Waals surface area contributed by atoms with Gasteiger partial charge in [-0.3, -0.25) is 14.9 Å². The lowest BCUT2D eigenvalue weighted by Crippen LogP contribution is -2.37. The molecule has 2 rings (SSSR count). The zero-order chi connectivity index (χ0) is 15.5. The van der Waals surface area contributed by atoms with E-state index < -0.39 is 4.92 Å². The van der Waals surface area contributed by atoms with Crippen molar-refractivity contribution in [3.63, 3.8) is 0 Å². The van der Waals surface area contributed by atoms with E-state index in [1.54, 1.807) is 6.92 Å². The van der Waals surface area contributed by atoms with Gasteiger partial charge in [-0.15, -0.1) is 11.6 Å². The summed E-state index contributed by atoms with van der Waals surface area (Å²) >= 11 is 6.05. The van der Waals surface area contributed by atoms with Gasteiger partial charge in [-0.25, -0.2) is 0 Å². The number of hydrogen-bond acceptors (Lipinski definition) is 3. The van der Waals surface area contributed by atoms with Gasteiger partial charge in [-0.1, -0.05) is 12.8 Å². The number of carbonyl (C=O) groups is 1. The van der Waals surface area contributed by atoms with Gasteiger partial charge in [0, 0.05) is 35.5 Å². The zero-order valence-corrected chi connectivity index (χ0v) is 12.8. The Morgan fingerprint density at radius 1 is 1.43 bits per heavy atom. The van der Waals surface area contributed by atoms with Gasteiger partial charge >= 0.3 is 0 Å². The monoisotopic (exact) mass is 310 g/mol. The van der Waals surface area contributed by atoms with E-state index in [4.69, 9.17) is 11.6 Å². The minimum absolute atomic E-state index is 0.00271. The number of nitrogens with one attached hydrogen (secondary N) is 1. The van der Waals surface area contributed by atoms with Crippen molar-refractivity contribution in [3.8, 4) is 0 Å². The van der Waals surface area contributed by atoms with Gasteiger partial charge in [0.2, 0.25) is 0 Å². The molecule has 0 saturated heterocycles. The Bertz CT molecular complexity index is 554. The molecule has 0 aromatic heterocycles. The molecule has 1 aliphatic rings. The molecule has 0 radical (unpaired) electrons. The lowest BCUT2D eigenvalue weighted by molar-refractivity contribution is -0.384. The molecule has 0 bridgehead atoms. The number of amides is 1. The van der Waals surface area contributed by atoms with Gasteiger partial charge in [-0.05, 0) is 31.4 Å². The van der Waals surface area contributed by atoms with E-state index in [0.29, 0.717) is 23.6 Å². The average Bonchev–Trinajstić information content (AvgIpc) is 2.94. The predicted molar refractivity (Wildman–Crippen MR) is 81.8 cm³/mol. The summed E-state index contributed by atoms with van der Waals surface area (Å²) in [6, 6.07) is 4.28. The number of nitro benzene ring substituents is 1. The van der Waals surface area contributed by atoms with Crippen molar-refractivity contribution in [2.45, 2.75) is 32.6 Å². The third-order valence-corrected chi connectivity index (χ3v) is 4.80. The topological polar surface area (TPSA) is 72.2 Å². The highest BCUT2D eigenvalue weighted by Gasteiger charge is 2.33. The van der Waals surface area contributed by atoms with Crippen LogP contribution in [-0.4, -0.2) is 23.3 Å². The van der Waals surface area contributed by atoms with Gasteiger partial charge in [0.1, 0.15) is 0 Å². The number of nitro groups is 1. The number of non-ortho nitro benzene ring substituents is 1. The lowest BCUT2D eigenvalue weighted by atomic mass is 9.88.